The predicted molar refractivity (Wildman–Crippen MR) is 35.7 cm³/mol. The van der Waals surface area contributed by atoms with Crippen LogP contribution in [0.25, 0.3) is 0 Å². The normalized spacial score (nSPS) is 6.64. The maximum Gasteiger partial charge on any atom is 1.00 e. The Hall–Kier alpha value is 0.0300. The van der Waals surface area contributed by atoms with Crippen molar-refractivity contribution in [2.45, 2.75) is 6.61 Å². The molecule has 58 valence electrons. The molecule has 0 aliphatic carbocycles. The van der Waals surface area contributed by atoms with Crippen LogP contribution in [0, 0.1) is 0 Å². The number of aliphatic hydroxyl groups excluding tert-OH is 1. The minimum Gasteiger partial charge on any atom is -0.870 e. The Morgan fingerprint density at radius 1 is 1.36 bits per heavy atom. The molecular weight excluding hydrogens is 157 g/mol. The van der Waals surface area contributed by atoms with Gasteiger partial charge in [0.25, 0.3) is 0 Å². The van der Waals surface area contributed by atoms with E-state index in [0.29, 0.717) is 5.69 Å². The summed E-state index contributed by atoms with van der Waals surface area (Å²) >= 11 is 0. The summed E-state index contributed by atoms with van der Waals surface area (Å²) in [7, 11) is 0. The SMILES string of the molecule is O.OCc1ccccn1.[Na+].[OH-]. The largest absolute Gasteiger partial charge is 1.00 e. The first-order valence-electron chi connectivity index (χ1n) is 2.44. The van der Waals surface area contributed by atoms with Crippen LogP contribution in [0.4, 0.5) is 0 Å². The first-order chi connectivity index (χ1) is 3.93. The van der Waals surface area contributed by atoms with E-state index in [-0.39, 0.29) is 47.1 Å². The molecule has 0 fully saturated rings. The summed E-state index contributed by atoms with van der Waals surface area (Å²) in [6, 6.07) is 5.44. The molecule has 0 aliphatic rings. The van der Waals surface area contributed by atoms with Gasteiger partial charge in [-0.15, -0.1) is 0 Å². The standard InChI is InChI=1S/C6H7NO.Na.2H2O/c8-5-6-3-1-2-4-7-6;;;/h1-4,8H,5H2;;2*1H2/q;+1;;/p-1. The van der Waals surface area contributed by atoms with Crippen LogP contribution in [0.1, 0.15) is 5.69 Å². The first-order valence-corrected chi connectivity index (χ1v) is 2.44. The summed E-state index contributed by atoms with van der Waals surface area (Å²) < 4.78 is 0. The molecular formula is C6H10NNaO3. The number of hydrogen-bond acceptors (Lipinski definition) is 3. The van der Waals surface area contributed by atoms with Crippen molar-refractivity contribution in [1.82, 2.24) is 4.98 Å². The maximum absolute atomic E-state index is 8.48. The summed E-state index contributed by atoms with van der Waals surface area (Å²) in [6.45, 7) is 0.0286. The molecule has 11 heavy (non-hydrogen) atoms. The molecule has 0 saturated heterocycles. The van der Waals surface area contributed by atoms with Crippen molar-refractivity contribution in [1.29, 1.82) is 0 Å². The number of hydrogen-bond donors (Lipinski definition) is 1. The van der Waals surface area contributed by atoms with E-state index in [1.807, 2.05) is 12.1 Å². The molecule has 5 heteroatoms. The zero-order valence-electron chi connectivity index (χ0n) is 6.36. The summed E-state index contributed by atoms with van der Waals surface area (Å²) in [6.07, 6.45) is 1.66. The van der Waals surface area contributed by atoms with Crippen LogP contribution < -0.4 is 29.6 Å². The fourth-order valence-electron chi connectivity index (χ4n) is 0.492. The van der Waals surface area contributed by atoms with Crippen molar-refractivity contribution < 1.29 is 45.6 Å². The fraction of sp³-hybridized carbons (Fsp3) is 0.167. The smallest absolute Gasteiger partial charge is 0.870 e. The Labute approximate surface area is 87.2 Å². The third kappa shape index (κ3) is 6.43. The second kappa shape index (κ2) is 10.0. The quantitative estimate of drug-likeness (QED) is 0.441. The first kappa shape index (κ1) is 17.2. The van der Waals surface area contributed by atoms with Gasteiger partial charge in [0.1, 0.15) is 0 Å². The average Bonchev–Trinajstić information content (AvgIpc) is 1.90. The van der Waals surface area contributed by atoms with Crippen molar-refractivity contribution in [2.24, 2.45) is 0 Å². The van der Waals surface area contributed by atoms with Crippen molar-refractivity contribution in [3.8, 4) is 0 Å². The summed E-state index contributed by atoms with van der Waals surface area (Å²) in [5.41, 5.74) is 0.715. The van der Waals surface area contributed by atoms with Gasteiger partial charge < -0.3 is 16.1 Å². The number of pyridine rings is 1. The zero-order chi connectivity index (χ0) is 5.82. The van der Waals surface area contributed by atoms with Crippen molar-refractivity contribution in [3.05, 3.63) is 30.1 Å². The minimum absolute atomic E-state index is 0. The Kier molecular flexibility index (Phi) is 15.7. The molecule has 1 rings (SSSR count). The van der Waals surface area contributed by atoms with Gasteiger partial charge in [0.15, 0.2) is 0 Å². The molecule has 0 aliphatic heterocycles. The van der Waals surface area contributed by atoms with Crippen LogP contribution in [0.2, 0.25) is 0 Å². The molecule has 0 atom stereocenters. The number of aliphatic hydroxyl groups is 1. The predicted octanol–water partition coefficient (Wildman–Crippen LogP) is -3.42. The molecule has 0 unspecified atom stereocenters. The van der Waals surface area contributed by atoms with Gasteiger partial charge in [-0.1, -0.05) is 6.07 Å². The topological polar surface area (TPSA) is 94.6 Å². The molecule has 0 amide bonds. The van der Waals surface area contributed by atoms with Crippen LogP contribution in [0.5, 0.6) is 0 Å². The molecule has 4 nitrogen and oxygen atoms in total. The van der Waals surface area contributed by atoms with Crippen LogP contribution in [0.15, 0.2) is 24.4 Å². The zero-order valence-corrected chi connectivity index (χ0v) is 8.36. The average molecular weight is 167 g/mol. The number of rotatable bonds is 1. The molecule has 0 bridgehead atoms. The minimum atomic E-state index is 0. The van der Waals surface area contributed by atoms with Crippen LogP contribution in [0.3, 0.4) is 0 Å². The van der Waals surface area contributed by atoms with Crippen molar-refractivity contribution >= 4 is 0 Å². The van der Waals surface area contributed by atoms with Crippen LogP contribution >= 0.6 is 0 Å². The Morgan fingerprint density at radius 3 is 2.27 bits per heavy atom. The molecule has 0 radical (unpaired) electrons. The van der Waals surface area contributed by atoms with Gasteiger partial charge >= 0.3 is 29.6 Å². The molecule has 1 aromatic rings. The van der Waals surface area contributed by atoms with Crippen LogP contribution in [-0.2, 0) is 6.61 Å². The summed E-state index contributed by atoms with van der Waals surface area (Å²) in [5.74, 6) is 0. The van der Waals surface area contributed by atoms with Gasteiger partial charge in [-0.3, -0.25) is 4.98 Å². The van der Waals surface area contributed by atoms with E-state index >= 15 is 0 Å². The van der Waals surface area contributed by atoms with Crippen molar-refractivity contribution in [3.63, 3.8) is 0 Å². The second-order valence-corrected chi connectivity index (χ2v) is 1.48. The number of nitrogens with zero attached hydrogens (tertiary/aromatic N) is 1. The van der Waals surface area contributed by atoms with E-state index in [1.54, 1.807) is 12.3 Å². The van der Waals surface area contributed by atoms with Gasteiger partial charge in [0.2, 0.25) is 0 Å². The fourth-order valence-corrected chi connectivity index (χ4v) is 0.492. The molecule has 1 aromatic heterocycles. The van der Waals surface area contributed by atoms with E-state index in [4.69, 9.17) is 5.11 Å². The molecule has 0 saturated carbocycles. The van der Waals surface area contributed by atoms with Crippen LogP contribution in [-0.4, -0.2) is 21.0 Å². The Balaban J connectivity index is -0.000000213. The molecule has 0 aromatic carbocycles. The van der Waals surface area contributed by atoms with Gasteiger partial charge in [-0.05, 0) is 12.1 Å². The third-order valence-corrected chi connectivity index (χ3v) is 0.888. The Bertz CT molecular complexity index is 159. The summed E-state index contributed by atoms with van der Waals surface area (Å²) in [5, 5.41) is 8.48. The van der Waals surface area contributed by atoms with Gasteiger partial charge in [0, 0.05) is 6.20 Å². The molecule has 1 heterocycles. The monoisotopic (exact) mass is 167 g/mol. The van der Waals surface area contributed by atoms with Gasteiger partial charge in [0.05, 0.1) is 12.3 Å². The second-order valence-electron chi connectivity index (χ2n) is 1.48. The van der Waals surface area contributed by atoms with E-state index in [0.717, 1.165) is 0 Å². The van der Waals surface area contributed by atoms with Gasteiger partial charge in [-0.2, -0.15) is 0 Å². The summed E-state index contributed by atoms with van der Waals surface area (Å²) in [4.78, 5) is 3.85. The van der Waals surface area contributed by atoms with E-state index in [1.165, 1.54) is 0 Å². The van der Waals surface area contributed by atoms with E-state index in [9.17, 15) is 0 Å². The molecule has 4 N–H and O–H groups in total. The Morgan fingerprint density at radius 2 is 2.00 bits per heavy atom. The molecule has 0 spiro atoms. The third-order valence-electron chi connectivity index (χ3n) is 0.888. The van der Waals surface area contributed by atoms with E-state index in [2.05, 4.69) is 4.98 Å². The van der Waals surface area contributed by atoms with Crippen molar-refractivity contribution in [2.75, 3.05) is 0 Å². The van der Waals surface area contributed by atoms with Gasteiger partial charge in [-0.25, -0.2) is 0 Å². The maximum atomic E-state index is 8.48. The van der Waals surface area contributed by atoms with E-state index < -0.39 is 0 Å². The number of aromatic nitrogens is 1.